The summed E-state index contributed by atoms with van der Waals surface area (Å²) in [5, 5.41) is 2.40. The van der Waals surface area contributed by atoms with Gasteiger partial charge in [-0.25, -0.2) is 8.78 Å². The summed E-state index contributed by atoms with van der Waals surface area (Å²) < 4.78 is 26.6. The number of carbonyl (C=O) groups is 1. The van der Waals surface area contributed by atoms with E-state index < -0.39 is 11.6 Å². The van der Waals surface area contributed by atoms with Gasteiger partial charge in [-0.3, -0.25) is 4.79 Å². The molecule has 2 nitrogen and oxygen atoms in total. The van der Waals surface area contributed by atoms with Crippen LogP contribution in [0.2, 0.25) is 0 Å². The molecule has 1 N–H and O–H groups in total. The first-order valence-corrected chi connectivity index (χ1v) is 6.30. The van der Waals surface area contributed by atoms with Gasteiger partial charge in [0.25, 0.3) is 0 Å². The van der Waals surface area contributed by atoms with Crippen molar-refractivity contribution in [3.8, 4) is 0 Å². The number of hydrogen-bond acceptors (Lipinski definition) is 1. The van der Waals surface area contributed by atoms with Crippen LogP contribution in [-0.4, -0.2) is 5.91 Å². The van der Waals surface area contributed by atoms with E-state index in [1.54, 1.807) is 0 Å². The molecule has 2 rings (SSSR count). The molecule has 1 saturated carbocycles. The minimum atomic E-state index is -0.639. The quantitative estimate of drug-likeness (QED) is 0.844. The van der Waals surface area contributed by atoms with Crippen LogP contribution < -0.4 is 5.32 Å². The van der Waals surface area contributed by atoms with Gasteiger partial charge >= 0.3 is 0 Å². The standard InChI is InChI=1S/C12H12BrF2NO/c13-8-5-10(15)11(6-9(8)14)16-12(17)4-7-2-1-3-7/h5-7H,1-4H2,(H,16,17). The van der Waals surface area contributed by atoms with Gasteiger partial charge in [0, 0.05) is 12.5 Å². The van der Waals surface area contributed by atoms with Gasteiger partial charge in [0.05, 0.1) is 10.2 Å². The highest BCUT2D eigenvalue weighted by Gasteiger charge is 2.21. The molecule has 0 bridgehead atoms. The molecule has 1 fully saturated rings. The van der Waals surface area contributed by atoms with Gasteiger partial charge in [0.2, 0.25) is 5.91 Å². The number of rotatable bonds is 3. The molecule has 92 valence electrons. The van der Waals surface area contributed by atoms with Gasteiger partial charge in [-0.2, -0.15) is 0 Å². The summed E-state index contributed by atoms with van der Waals surface area (Å²) in [5.74, 6) is -1.08. The third-order valence-corrected chi connectivity index (χ3v) is 3.59. The first-order chi connectivity index (χ1) is 8.06. The first-order valence-electron chi connectivity index (χ1n) is 5.50. The molecule has 0 atom stereocenters. The summed E-state index contributed by atoms with van der Waals surface area (Å²) in [4.78, 5) is 11.6. The molecule has 0 saturated heterocycles. The molecule has 0 aliphatic heterocycles. The molecule has 0 unspecified atom stereocenters. The minimum Gasteiger partial charge on any atom is -0.324 e. The van der Waals surface area contributed by atoms with Crippen LogP contribution in [0.25, 0.3) is 0 Å². The van der Waals surface area contributed by atoms with Crippen molar-refractivity contribution in [2.24, 2.45) is 5.92 Å². The fourth-order valence-electron chi connectivity index (χ4n) is 1.78. The van der Waals surface area contributed by atoms with E-state index in [0.29, 0.717) is 12.3 Å². The molecule has 17 heavy (non-hydrogen) atoms. The van der Waals surface area contributed by atoms with Gasteiger partial charge in [-0.1, -0.05) is 6.42 Å². The number of nitrogens with one attached hydrogen (secondary N) is 1. The molecule has 1 aromatic carbocycles. The lowest BCUT2D eigenvalue weighted by Crippen LogP contribution is -2.21. The van der Waals surface area contributed by atoms with E-state index in [9.17, 15) is 13.6 Å². The van der Waals surface area contributed by atoms with Crippen molar-refractivity contribution < 1.29 is 13.6 Å². The maximum Gasteiger partial charge on any atom is 0.224 e. The van der Waals surface area contributed by atoms with E-state index in [1.165, 1.54) is 0 Å². The molecular weight excluding hydrogens is 292 g/mol. The second kappa shape index (κ2) is 5.12. The van der Waals surface area contributed by atoms with Crippen LogP contribution in [0.3, 0.4) is 0 Å². The minimum absolute atomic E-state index is 0.0481. The summed E-state index contributed by atoms with van der Waals surface area (Å²) in [6.07, 6.45) is 3.63. The number of carbonyl (C=O) groups excluding carboxylic acids is 1. The Balaban J connectivity index is 2.02. The lowest BCUT2D eigenvalue weighted by atomic mass is 9.83. The summed E-state index contributed by atoms with van der Waals surface area (Å²) >= 11 is 2.88. The lowest BCUT2D eigenvalue weighted by molar-refractivity contribution is -0.117. The summed E-state index contributed by atoms with van der Waals surface area (Å²) in [7, 11) is 0. The van der Waals surface area contributed by atoms with Crippen molar-refractivity contribution in [3.63, 3.8) is 0 Å². The van der Waals surface area contributed by atoms with Crippen LogP contribution in [0.15, 0.2) is 16.6 Å². The number of anilines is 1. The van der Waals surface area contributed by atoms with Crippen LogP contribution in [0.4, 0.5) is 14.5 Å². The second-order valence-corrected chi connectivity index (χ2v) is 5.15. The van der Waals surface area contributed by atoms with Crippen LogP contribution in [0.5, 0.6) is 0 Å². The Morgan fingerprint density at radius 3 is 2.65 bits per heavy atom. The van der Waals surface area contributed by atoms with Crippen molar-refractivity contribution in [2.45, 2.75) is 25.7 Å². The number of amides is 1. The Bertz CT molecular complexity index is 446. The molecule has 0 aromatic heterocycles. The van der Waals surface area contributed by atoms with E-state index in [4.69, 9.17) is 0 Å². The average molecular weight is 304 g/mol. The van der Waals surface area contributed by atoms with E-state index in [2.05, 4.69) is 21.2 Å². The average Bonchev–Trinajstić information content (AvgIpc) is 2.20. The topological polar surface area (TPSA) is 29.1 Å². The van der Waals surface area contributed by atoms with E-state index in [1.807, 2.05) is 0 Å². The Hall–Kier alpha value is -0.970. The smallest absolute Gasteiger partial charge is 0.224 e. The maximum absolute atomic E-state index is 13.4. The van der Waals surface area contributed by atoms with Crippen molar-refractivity contribution in [1.82, 2.24) is 0 Å². The Kier molecular flexibility index (Phi) is 3.76. The normalized spacial score (nSPS) is 15.5. The highest BCUT2D eigenvalue weighted by atomic mass is 79.9. The predicted octanol–water partition coefficient (Wildman–Crippen LogP) is 3.86. The van der Waals surface area contributed by atoms with Crippen LogP contribution in [0, 0.1) is 17.6 Å². The van der Waals surface area contributed by atoms with Gasteiger partial charge < -0.3 is 5.32 Å². The summed E-state index contributed by atoms with van der Waals surface area (Å²) in [6, 6.07) is 1.99. The maximum atomic E-state index is 13.4. The van der Waals surface area contributed by atoms with Gasteiger partial charge in [0.15, 0.2) is 0 Å². The van der Waals surface area contributed by atoms with Crippen LogP contribution in [-0.2, 0) is 4.79 Å². The molecule has 1 amide bonds. The third-order valence-electron chi connectivity index (χ3n) is 2.98. The SMILES string of the molecule is O=C(CC1CCC1)Nc1cc(F)c(Br)cc1F. The Morgan fingerprint density at radius 1 is 1.35 bits per heavy atom. The van der Waals surface area contributed by atoms with Crippen LogP contribution >= 0.6 is 15.9 Å². The van der Waals surface area contributed by atoms with E-state index in [0.717, 1.165) is 31.4 Å². The van der Waals surface area contributed by atoms with Gasteiger partial charge in [0.1, 0.15) is 11.6 Å². The molecule has 5 heteroatoms. The molecule has 1 aliphatic rings. The fourth-order valence-corrected chi connectivity index (χ4v) is 2.09. The third kappa shape index (κ3) is 3.03. The lowest BCUT2D eigenvalue weighted by Gasteiger charge is -2.24. The fraction of sp³-hybridized carbons (Fsp3) is 0.417. The highest BCUT2D eigenvalue weighted by molar-refractivity contribution is 9.10. The van der Waals surface area contributed by atoms with Crippen molar-refractivity contribution in [3.05, 3.63) is 28.2 Å². The zero-order valence-electron chi connectivity index (χ0n) is 9.10. The summed E-state index contributed by atoms with van der Waals surface area (Å²) in [5.41, 5.74) is -0.102. The zero-order valence-corrected chi connectivity index (χ0v) is 10.7. The highest BCUT2D eigenvalue weighted by Crippen LogP contribution is 2.30. The Labute approximate surface area is 107 Å². The van der Waals surface area contributed by atoms with Gasteiger partial charge in [-0.05, 0) is 40.8 Å². The number of benzene rings is 1. The molecule has 0 radical (unpaired) electrons. The van der Waals surface area contributed by atoms with Crippen LogP contribution in [0.1, 0.15) is 25.7 Å². The van der Waals surface area contributed by atoms with Crippen molar-refractivity contribution >= 4 is 27.5 Å². The number of halogens is 3. The molecule has 0 spiro atoms. The Morgan fingerprint density at radius 2 is 2.06 bits per heavy atom. The first kappa shape index (κ1) is 12.5. The monoisotopic (exact) mass is 303 g/mol. The molecule has 1 aliphatic carbocycles. The van der Waals surface area contributed by atoms with Crippen molar-refractivity contribution in [1.29, 1.82) is 0 Å². The van der Waals surface area contributed by atoms with Gasteiger partial charge in [-0.15, -0.1) is 0 Å². The second-order valence-electron chi connectivity index (χ2n) is 4.30. The molecule has 0 heterocycles. The van der Waals surface area contributed by atoms with E-state index in [-0.39, 0.29) is 16.1 Å². The number of hydrogen-bond donors (Lipinski definition) is 1. The van der Waals surface area contributed by atoms with Crippen molar-refractivity contribution in [2.75, 3.05) is 5.32 Å². The molecular formula is C12H12BrF2NO. The summed E-state index contributed by atoms with van der Waals surface area (Å²) in [6.45, 7) is 0. The zero-order chi connectivity index (χ0) is 12.4. The van der Waals surface area contributed by atoms with E-state index >= 15 is 0 Å². The largest absolute Gasteiger partial charge is 0.324 e. The predicted molar refractivity (Wildman–Crippen MR) is 64.6 cm³/mol. The molecule has 1 aromatic rings.